The van der Waals surface area contributed by atoms with Gasteiger partial charge in [0.15, 0.2) is 0 Å². The zero-order valence-corrected chi connectivity index (χ0v) is 13.3. The van der Waals surface area contributed by atoms with E-state index in [1.807, 2.05) is 31.7 Å². The van der Waals surface area contributed by atoms with E-state index < -0.39 is 0 Å². The van der Waals surface area contributed by atoms with Crippen LogP contribution in [0.3, 0.4) is 0 Å². The van der Waals surface area contributed by atoms with Gasteiger partial charge in [-0.15, -0.1) is 0 Å². The van der Waals surface area contributed by atoms with Crippen molar-refractivity contribution >= 4 is 19.0 Å². The molecule has 0 radical (unpaired) electrons. The maximum absolute atomic E-state index is 11.9. The fourth-order valence-corrected chi connectivity index (χ4v) is 2.15. The summed E-state index contributed by atoms with van der Waals surface area (Å²) in [5.74, 6) is 0.107. The van der Waals surface area contributed by atoms with E-state index in [0.29, 0.717) is 19.4 Å². The molecule has 1 rings (SSSR count). The quantitative estimate of drug-likeness (QED) is 0.735. The number of phenolic OH excluding ortho intramolecular Hbond substituents is 1. The second-order valence-electron chi connectivity index (χ2n) is 4.90. The lowest BCUT2D eigenvalue weighted by Gasteiger charge is -2.26. The number of aldehydes is 1. The summed E-state index contributed by atoms with van der Waals surface area (Å²) < 4.78 is 0. The van der Waals surface area contributed by atoms with Crippen molar-refractivity contribution < 1.29 is 19.5 Å². The fourth-order valence-electron chi connectivity index (χ4n) is 2.15. The Bertz CT molecular complexity index is 491. The van der Waals surface area contributed by atoms with Crippen molar-refractivity contribution in [2.45, 2.75) is 32.4 Å². The van der Waals surface area contributed by atoms with Crippen molar-refractivity contribution in [1.82, 2.24) is 10.2 Å². The first kappa shape index (κ1) is 19.8. The molecule has 1 amide bonds. The first-order chi connectivity index (χ1) is 10.5. The number of nitrogens with zero attached hydrogens (tertiary/aromatic N) is 1. The number of nitrogens with one attached hydrogen (secondary N) is 1. The smallest absolute Gasteiger partial charge is 0.237 e. The van der Waals surface area contributed by atoms with Crippen molar-refractivity contribution in [3.05, 3.63) is 29.3 Å². The van der Waals surface area contributed by atoms with Gasteiger partial charge < -0.3 is 20.0 Å². The minimum Gasteiger partial charge on any atom is -0.508 e. The van der Waals surface area contributed by atoms with E-state index in [-0.39, 0.29) is 17.7 Å². The SMILES string of the molecule is C=O.CNC(=O)C(CCC=O)N(C)Cc1cc(O)ccc1C. The van der Waals surface area contributed by atoms with Crippen LogP contribution in [0.25, 0.3) is 0 Å². The molecule has 122 valence electrons. The number of aromatic hydroxyl groups is 1. The Morgan fingerprint density at radius 2 is 2.09 bits per heavy atom. The molecule has 1 aromatic carbocycles. The highest BCUT2D eigenvalue weighted by molar-refractivity contribution is 5.81. The first-order valence-corrected chi connectivity index (χ1v) is 6.92. The van der Waals surface area contributed by atoms with E-state index in [2.05, 4.69) is 5.32 Å². The second kappa shape index (κ2) is 10.5. The van der Waals surface area contributed by atoms with Crippen molar-refractivity contribution in [1.29, 1.82) is 0 Å². The van der Waals surface area contributed by atoms with Crippen LogP contribution in [0.5, 0.6) is 5.75 Å². The average molecular weight is 308 g/mol. The van der Waals surface area contributed by atoms with Crippen molar-refractivity contribution in [2.24, 2.45) is 0 Å². The van der Waals surface area contributed by atoms with Crippen LogP contribution in [-0.2, 0) is 20.9 Å². The highest BCUT2D eigenvalue weighted by atomic mass is 16.3. The lowest BCUT2D eigenvalue weighted by atomic mass is 10.1. The second-order valence-corrected chi connectivity index (χ2v) is 4.90. The number of benzene rings is 1. The molecule has 0 saturated heterocycles. The van der Waals surface area contributed by atoms with Crippen LogP contribution in [0.1, 0.15) is 24.0 Å². The van der Waals surface area contributed by atoms with Crippen LogP contribution in [0, 0.1) is 6.92 Å². The Labute approximate surface area is 131 Å². The number of aryl methyl sites for hydroxylation is 1. The third kappa shape index (κ3) is 6.05. The number of phenols is 1. The molecule has 1 aromatic rings. The third-order valence-corrected chi connectivity index (χ3v) is 3.39. The molecule has 0 saturated carbocycles. The molecule has 6 nitrogen and oxygen atoms in total. The zero-order chi connectivity index (χ0) is 17.1. The van der Waals surface area contributed by atoms with Gasteiger partial charge in [-0.05, 0) is 43.7 Å². The van der Waals surface area contributed by atoms with Gasteiger partial charge in [0.25, 0.3) is 0 Å². The Kier molecular flexibility index (Phi) is 9.45. The standard InChI is InChI=1S/C15H22N2O3.CH2O/c1-11-6-7-13(19)9-12(11)10-17(3)14(5-4-8-18)15(20)16-2;1-2/h6-9,14,19H,4-5,10H2,1-3H3,(H,16,20);1H2. The lowest BCUT2D eigenvalue weighted by Crippen LogP contribution is -2.43. The average Bonchev–Trinajstić information content (AvgIpc) is 2.53. The molecule has 0 spiro atoms. The summed E-state index contributed by atoms with van der Waals surface area (Å²) in [6.45, 7) is 4.50. The van der Waals surface area contributed by atoms with Gasteiger partial charge >= 0.3 is 0 Å². The molecule has 2 N–H and O–H groups in total. The zero-order valence-electron chi connectivity index (χ0n) is 13.3. The number of carbonyl (C=O) groups is 3. The predicted octanol–water partition coefficient (Wildman–Crippen LogP) is 1.04. The summed E-state index contributed by atoms with van der Waals surface area (Å²) in [4.78, 5) is 32.3. The Balaban J connectivity index is 0.00000211. The number of amides is 1. The van der Waals surface area contributed by atoms with Crippen LogP contribution in [0.15, 0.2) is 18.2 Å². The van der Waals surface area contributed by atoms with Crippen LogP contribution < -0.4 is 5.32 Å². The van der Waals surface area contributed by atoms with Gasteiger partial charge in [0.1, 0.15) is 18.8 Å². The minimum absolute atomic E-state index is 0.104. The van der Waals surface area contributed by atoms with E-state index in [1.165, 1.54) is 0 Å². The normalized spacial score (nSPS) is 11.3. The summed E-state index contributed by atoms with van der Waals surface area (Å²) in [6.07, 6.45) is 1.66. The molecular weight excluding hydrogens is 284 g/mol. The molecule has 0 heterocycles. The van der Waals surface area contributed by atoms with Gasteiger partial charge in [-0.3, -0.25) is 9.69 Å². The summed E-state index contributed by atoms with van der Waals surface area (Å²) in [5.41, 5.74) is 2.02. The van der Waals surface area contributed by atoms with Gasteiger partial charge in [-0.25, -0.2) is 0 Å². The van der Waals surface area contributed by atoms with Crippen molar-refractivity contribution in [3.63, 3.8) is 0 Å². The molecule has 6 heteroatoms. The van der Waals surface area contributed by atoms with Crippen LogP contribution >= 0.6 is 0 Å². The predicted molar refractivity (Wildman–Crippen MR) is 84.6 cm³/mol. The van der Waals surface area contributed by atoms with Gasteiger partial charge in [0.2, 0.25) is 5.91 Å². The number of carbonyl (C=O) groups excluding carboxylic acids is 3. The first-order valence-electron chi connectivity index (χ1n) is 6.92. The highest BCUT2D eigenvalue weighted by Gasteiger charge is 2.22. The lowest BCUT2D eigenvalue weighted by molar-refractivity contribution is -0.126. The number of rotatable bonds is 7. The third-order valence-electron chi connectivity index (χ3n) is 3.39. The summed E-state index contributed by atoms with van der Waals surface area (Å²) in [5, 5.41) is 12.2. The fraction of sp³-hybridized carbons (Fsp3) is 0.438. The van der Waals surface area contributed by atoms with Gasteiger partial charge in [-0.2, -0.15) is 0 Å². The highest BCUT2D eigenvalue weighted by Crippen LogP contribution is 2.19. The van der Waals surface area contributed by atoms with Gasteiger partial charge in [0, 0.05) is 20.0 Å². The van der Waals surface area contributed by atoms with E-state index in [4.69, 9.17) is 4.79 Å². The Morgan fingerprint density at radius 1 is 1.45 bits per heavy atom. The topological polar surface area (TPSA) is 86.7 Å². The van der Waals surface area contributed by atoms with Crippen molar-refractivity contribution in [3.8, 4) is 5.75 Å². The molecule has 0 aromatic heterocycles. The van der Waals surface area contributed by atoms with E-state index in [1.54, 1.807) is 19.2 Å². The number of hydrogen-bond donors (Lipinski definition) is 2. The summed E-state index contributed by atoms with van der Waals surface area (Å²) in [7, 11) is 3.43. The van der Waals surface area contributed by atoms with Crippen molar-refractivity contribution in [2.75, 3.05) is 14.1 Å². The molecule has 22 heavy (non-hydrogen) atoms. The summed E-state index contributed by atoms with van der Waals surface area (Å²) >= 11 is 0. The van der Waals surface area contributed by atoms with Gasteiger partial charge in [-0.1, -0.05) is 6.07 Å². The van der Waals surface area contributed by atoms with E-state index in [9.17, 15) is 14.7 Å². The summed E-state index contributed by atoms with van der Waals surface area (Å²) in [6, 6.07) is 4.83. The van der Waals surface area contributed by atoms with E-state index >= 15 is 0 Å². The largest absolute Gasteiger partial charge is 0.508 e. The van der Waals surface area contributed by atoms with Crippen LogP contribution in [0.2, 0.25) is 0 Å². The molecule has 1 unspecified atom stereocenters. The van der Waals surface area contributed by atoms with Gasteiger partial charge in [0.05, 0.1) is 6.04 Å². The molecule has 0 bridgehead atoms. The maximum Gasteiger partial charge on any atom is 0.237 e. The molecule has 0 aliphatic rings. The van der Waals surface area contributed by atoms with Crippen LogP contribution in [-0.4, -0.2) is 49.1 Å². The number of likely N-dealkylation sites (N-methyl/N-ethyl adjacent to an activating group) is 2. The minimum atomic E-state index is -0.355. The Hall–Kier alpha value is -2.21. The molecule has 0 fully saturated rings. The Morgan fingerprint density at radius 3 is 2.64 bits per heavy atom. The van der Waals surface area contributed by atoms with E-state index in [0.717, 1.165) is 17.4 Å². The van der Waals surface area contributed by atoms with Crippen LogP contribution in [0.4, 0.5) is 0 Å². The number of hydrogen-bond acceptors (Lipinski definition) is 5. The molecule has 0 aliphatic heterocycles. The molecule has 1 atom stereocenters. The monoisotopic (exact) mass is 308 g/mol. The molecular formula is C16H24N2O4. The molecule has 0 aliphatic carbocycles. The maximum atomic E-state index is 11.9.